The molecule has 0 aliphatic rings. The van der Waals surface area contributed by atoms with E-state index in [1.54, 1.807) is 0 Å². The normalized spacial score (nSPS) is 11.5. The molecular weight excluding hydrogens is 741 g/mol. The molecule has 0 bridgehead atoms. The second kappa shape index (κ2) is 11.7. The van der Waals surface area contributed by atoms with Crippen LogP contribution >= 0.6 is 45.2 Å². The highest BCUT2D eigenvalue weighted by molar-refractivity contribution is 14.1. The molecule has 0 saturated carbocycles. The minimum Gasteiger partial charge on any atom is -0.466 e. The van der Waals surface area contributed by atoms with Gasteiger partial charge in [-0.15, -0.1) is 0 Å². The van der Waals surface area contributed by atoms with Gasteiger partial charge in [-0.1, -0.05) is 32.9 Å². The zero-order chi connectivity index (χ0) is 23.3. The van der Waals surface area contributed by atoms with Crippen molar-refractivity contribution in [2.75, 3.05) is 13.4 Å². The molecule has 0 heterocycles. The molecule has 0 aliphatic heterocycles. The van der Waals surface area contributed by atoms with Crippen molar-refractivity contribution in [2.24, 2.45) is 0 Å². The van der Waals surface area contributed by atoms with Crippen LogP contribution < -0.4 is 30.7 Å². The van der Waals surface area contributed by atoms with Gasteiger partial charge in [0, 0.05) is 12.2 Å². The number of rotatable bonds is 8. The highest BCUT2D eigenvalue weighted by Crippen LogP contribution is 2.34. The maximum atomic E-state index is 6.22. The number of ether oxygens (including phenoxy) is 3. The molecule has 0 atom stereocenters. The van der Waals surface area contributed by atoms with Crippen LogP contribution in [0.25, 0.3) is 0 Å². The Morgan fingerprint density at radius 2 is 1.53 bits per heavy atom. The zero-order valence-electron chi connectivity index (χ0n) is 19.0. The molecule has 170 valence electrons. The molecule has 32 heavy (non-hydrogen) atoms. The van der Waals surface area contributed by atoms with E-state index in [1.165, 1.54) is 18.3 Å². The van der Waals surface area contributed by atoms with E-state index in [-0.39, 0.29) is 33.4 Å². The van der Waals surface area contributed by atoms with Crippen LogP contribution in [0, 0.1) is 21.2 Å². The van der Waals surface area contributed by atoms with Gasteiger partial charge in [-0.3, -0.25) is 0 Å². The molecule has 0 aromatic heterocycles. The molecule has 3 nitrogen and oxygen atoms in total. The van der Waals surface area contributed by atoms with Crippen molar-refractivity contribution < 1.29 is 35.4 Å². The Labute approximate surface area is 229 Å². The van der Waals surface area contributed by atoms with Crippen molar-refractivity contribution >= 4 is 45.2 Å². The van der Waals surface area contributed by atoms with Gasteiger partial charge in [0.25, 0.3) is 0 Å². The van der Waals surface area contributed by atoms with Crippen molar-refractivity contribution in [1.29, 1.82) is 0 Å². The van der Waals surface area contributed by atoms with Crippen LogP contribution in [0.2, 0.25) is 0 Å². The summed E-state index contributed by atoms with van der Waals surface area (Å²) in [5, 5.41) is 0. The highest BCUT2D eigenvalue weighted by Gasteiger charge is 2.21. The van der Waals surface area contributed by atoms with E-state index in [0.29, 0.717) is 6.61 Å². The van der Waals surface area contributed by atoms with Crippen LogP contribution in [0.1, 0.15) is 38.8 Å². The third-order valence-corrected chi connectivity index (χ3v) is 9.59. The van der Waals surface area contributed by atoms with Gasteiger partial charge in [0.05, 0.1) is 7.14 Å². The maximum Gasteiger partial charge on any atom is 0.358 e. The summed E-state index contributed by atoms with van der Waals surface area (Å²) in [6.45, 7) is 11.8. The molecular formula is C26H28I3O3+. The molecule has 3 aromatic carbocycles. The van der Waals surface area contributed by atoms with E-state index in [1.807, 2.05) is 19.1 Å². The van der Waals surface area contributed by atoms with Crippen LogP contribution in [0.4, 0.5) is 0 Å². The number of hydrogen-bond donors (Lipinski definition) is 0. The predicted octanol–water partition coefficient (Wildman–Crippen LogP) is 4.80. The van der Waals surface area contributed by atoms with E-state index in [4.69, 9.17) is 14.2 Å². The smallest absolute Gasteiger partial charge is 0.358 e. The Hall–Kier alpha value is -0.590. The standard InChI is InChI=1S/C26H28I3O3/c1-6-30-16-31-24-14-22(28)25(15-21(24)27)32-20-11-12-23(17(2)13-20)29-19-9-7-18(8-10-19)26(3,4)5/h7-15H,6,16H2,1-5H3/q+1. The van der Waals surface area contributed by atoms with E-state index >= 15 is 0 Å². The van der Waals surface area contributed by atoms with Gasteiger partial charge in [0.1, 0.15) is 17.2 Å². The van der Waals surface area contributed by atoms with Crippen molar-refractivity contribution in [1.82, 2.24) is 0 Å². The monoisotopic (exact) mass is 769 g/mol. The van der Waals surface area contributed by atoms with Crippen LogP contribution in [0.5, 0.6) is 17.2 Å². The first kappa shape index (κ1) is 26.0. The van der Waals surface area contributed by atoms with Crippen LogP contribution in [-0.2, 0) is 10.2 Å². The summed E-state index contributed by atoms with van der Waals surface area (Å²) in [7, 11) is 0. The quantitative estimate of drug-likeness (QED) is 0.188. The lowest BCUT2D eigenvalue weighted by Gasteiger charge is -2.18. The fourth-order valence-corrected chi connectivity index (χ4v) is 6.41. The van der Waals surface area contributed by atoms with Gasteiger partial charge < -0.3 is 14.2 Å². The van der Waals surface area contributed by atoms with E-state index in [2.05, 4.69) is 115 Å². The SMILES string of the molecule is CCOCOc1cc(I)c(Oc2ccc([I+]c3ccc(C(C)(C)C)cc3)c(C)c2)cc1I. The molecule has 0 fully saturated rings. The molecule has 3 aromatic rings. The second-order valence-electron chi connectivity index (χ2n) is 8.33. The minimum absolute atomic E-state index is 0.189. The first-order valence-corrected chi connectivity index (χ1v) is 14.7. The van der Waals surface area contributed by atoms with Gasteiger partial charge in [0.2, 0.25) is 0 Å². The Kier molecular flexibility index (Phi) is 9.52. The molecule has 0 N–H and O–H groups in total. The summed E-state index contributed by atoms with van der Waals surface area (Å²) < 4.78 is 22.1. The summed E-state index contributed by atoms with van der Waals surface area (Å²) >= 11 is 4.33. The van der Waals surface area contributed by atoms with Crippen molar-refractivity contribution in [2.45, 2.75) is 40.0 Å². The lowest BCUT2D eigenvalue weighted by atomic mass is 9.87. The first-order valence-electron chi connectivity index (χ1n) is 10.4. The molecule has 0 aliphatic carbocycles. The molecule has 6 heteroatoms. The van der Waals surface area contributed by atoms with Gasteiger partial charge in [-0.25, -0.2) is 0 Å². The Bertz CT molecular complexity index is 1060. The van der Waals surface area contributed by atoms with E-state index < -0.39 is 0 Å². The predicted molar refractivity (Wildman–Crippen MR) is 143 cm³/mol. The fraction of sp³-hybridized carbons (Fsp3) is 0.308. The van der Waals surface area contributed by atoms with Crippen LogP contribution in [0.15, 0.2) is 54.6 Å². The first-order chi connectivity index (χ1) is 15.2. The number of benzene rings is 3. The summed E-state index contributed by atoms with van der Waals surface area (Å²) in [5.74, 6) is 2.50. The Balaban J connectivity index is 1.71. The second-order valence-corrected chi connectivity index (χ2v) is 13.6. The fourth-order valence-electron chi connectivity index (χ4n) is 2.93. The van der Waals surface area contributed by atoms with Crippen molar-refractivity contribution in [3.8, 4) is 17.2 Å². The van der Waals surface area contributed by atoms with Gasteiger partial charge in [0.15, 0.2) is 13.9 Å². The topological polar surface area (TPSA) is 27.7 Å². The lowest BCUT2D eigenvalue weighted by molar-refractivity contribution is -0.598. The average Bonchev–Trinajstić information content (AvgIpc) is 2.73. The highest BCUT2D eigenvalue weighted by atomic mass is 127. The van der Waals surface area contributed by atoms with Crippen LogP contribution in [-0.4, -0.2) is 13.4 Å². The lowest BCUT2D eigenvalue weighted by Crippen LogP contribution is -3.61. The third-order valence-electron chi connectivity index (χ3n) is 4.77. The van der Waals surface area contributed by atoms with Gasteiger partial charge >= 0.3 is 21.2 Å². The van der Waals surface area contributed by atoms with E-state index in [9.17, 15) is 0 Å². The van der Waals surface area contributed by atoms with Crippen LogP contribution in [0.3, 0.4) is 0 Å². The Morgan fingerprint density at radius 3 is 2.16 bits per heavy atom. The van der Waals surface area contributed by atoms with E-state index in [0.717, 1.165) is 24.4 Å². The number of hydrogen-bond acceptors (Lipinski definition) is 3. The summed E-state index contributed by atoms with van der Waals surface area (Å²) in [4.78, 5) is 0. The summed E-state index contributed by atoms with van der Waals surface area (Å²) in [5.41, 5.74) is 2.84. The number of aryl methyl sites for hydroxylation is 1. The van der Waals surface area contributed by atoms with Gasteiger partial charge in [-0.05, 0) is 112 Å². The van der Waals surface area contributed by atoms with Crippen molar-refractivity contribution in [3.63, 3.8) is 0 Å². The van der Waals surface area contributed by atoms with Gasteiger partial charge in [-0.2, -0.15) is 0 Å². The van der Waals surface area contributed by atoms with Crippen molar-refractivity contribution in [3.05, 3.63) is 80.0 Å². The molecule has 0 radical (unpaired) electrons. The summed E-state index contributed by atoms with van der Waals surface area (Å²) in [6.07, 6.45) is 0. The Morgan fingerprint density at radius 1 is 0.875 bits per heavy atom. The molecule has 0 spiro atoms. The molecule has 3 rings (SSSR count). The summed E-state index contributed by atoms with van der Waals surface area (Å²) in [6, 6.07) is 19.6. The molecule has 0 unspecified atom stereocenters. The molecule has 0 saturated heterocycles. The molecule has 0 amide bonds. The number of halogens is 3. The third kappa shape index (κ3) is 7.20. The minimum atomic E-state index is -0.226. The largest absolute Gasteiger partial charge is 0.466 e. The average molecular weight is 769 g/mol. The maximum absolute atomic E-state index is 6.22. The zero-order valence-corrected chi connectivity index (χ0v) is 25.4.